The fraction of sp³-hybridized carbons (Fsp3) is 0.636. The van der Waals surface area contributed by atoms with Gasteiger partial charge in [-0.25, -0.2) is 9.59 Å². The van der Waals surface area contributed by atoms with E-state index in [1.54, 1.807) is 0 Å². The van der Waals surface area contributed by atoms with Crippen molar-refractivity contribution >= 4 is 11.9 Å². The molecule has 0 radical (unpaired) electrons. The van der Waals surface area contributed by atoms with Crippen LogP contribution in [0.5, 0.6) is 0 Å². The van der Waals surface area contributed by atoms with E-state index in [2.05, 4.69) is 49.6 Å². The van der Waals surface area contributed by atoms with E-state index in [0.717, 1.165) is 18.4 Å². The zero-order chi connectivity index (χ0) is 20.9. The van der Waals surface area contributed by atoms with Gasteiger partial charge < -0.3 is 9.47 Å². The van der Waals surface area contributed by atoms with Crippen LogP contribution in [0, 0.1) is 0 Å². The maximum atomic E-state index is 11.9. The molecule has 0 amide bonds. The third-order valence-corrected chi connectivity index (χ3v) is 5.79. The van der Waals surface area contributed by atoms with Gasteiger partial charge in [0, 0.05) is 23.9 Å². The van der Waals surface area contributed by atoms with Crippen LogP contribution in [0.2, 0.25) is 0 Å². The molecule has 1 heterocycles. The van der Waals surface area contributed by atoms with E-state index in [0.29, 0.717) is 12.8 Å². The summed E-state index contributed by atoms with van der Waals surface area (Å²) in [5.74, 6) is -1.90. The predicted octanol–water partition coefficient (Wildman–Crippen LogP) is 4.20. The SMILES string of the molecule is CCC1(CC)CC(OC(=O)C(=O)OC)CC(C)(C)N1OC(C)c1ccccc1. The molecule has 1 saturated heterocycles. The first kappa shape index (κ1) is 22.4. The quantitative estimate of drug-likeness (QED) is 0.535. The molecular formula is C22H33NO5. The molecule has 28 heavy (non-hydrogen) atoms. The average molecular weight is 392 g/mol. The largest absolute Gasteiger partial charge is 0.461 e. The van der Waals surface area contributed by atoms with Gasteiger partial charge in [0.05, 0.1) is 7.11 Å². The Balaban J connectivity index is 2.25. The molecule has 2 rings (SSSR count). The third kappa shape index (κ3) is 4.73. The van der Waals surface area contributed by atoms with Crippen LogP contribution in [-0.4, -0.2) is 41.3 Å². The van der Waals surface area contributed by atoms with E-state index in [4.69, 9.17) is 9.57 Å². The van der Waals surface area contributed by atoms with Crippen LogP contribution in [0.25, 0.3) is 0 Å². The van der Waals surface area contributed by atoms with E-state index in [1.807, 2.05) is 25.1 Å². The van der Waals surface area contributed by atoms with Crippen molar-refractivity contribution < 1.29 is 23.9 Å². The second kappa shape index (κ2) is 9.05. The summed E-state index contributed by atoms with van der Waals surface area (Å²) in [6, 6.07) is 10.1. The fourth-order valence-corrected chi connectivity index (χ4v) is 4.25. The molecule has 1 aliphatic heterocycles. The Bertz CT molecular complexity index is 669. The standard InChI is InChI=1S/C22H33NO5/c1-7-22(8-2)15-18(27-20(25)19(24)26-6)14-21(4,5)23(22)28-16(3)17-12-10-9-11-13-17/h9-13,16,18H,7-8,14-15H2,1-6H3. The number of ether oxygens (including phenoxy) is 2. The normalized spacial score (nSPS) is 22.3. The highest BCUT2D eigenvalue weighted by Crippen LogP contribution is 2.45. The molecule has 156 valence electrons. The molecule has 1 aliphatic rings. The third-order valence-electron chi connectivity index (χ3n) is 5.79. The number of hydrogen-bond donors (Lipinski definition) is 0. The van der Waals surface area contributed by atoms with Crippen molar-refractivity contribution in [2.24, 2.45) is 0 Å². The van der Waals surface area contributed by atoms with Crippen LogP contribution >= 0.6 is 0 Å². The number of benzene rings is 1. The van der Waals surface area contributed by atoms with Crippen LogP contribution in [-0.2, 0) is 23.9 Å². The summed E-state index contributed by atoms with van der Waals surface area (Å²) in [5, 5.41) is 2.11. The van der Waals surface area contributed by atoms with Gasteiger partial charge in [-0.3, -0.25) is 4.84 Å². The predicted molar refractivity (Wildman–Crippen MR) is 106 cm³/mol. The summed E-state index contributed by atoms with van der Waals surface area (Å²) in [6.07, 6.45) is 2.37. The number of carbonyl (C=O) groups excluding carboxylic acids is 2. The maximum Gasteiger partial charge on any atom is 0.417 e. The highest BCUT2D eigenvalue weighted by Gasteiger charge is 2.51. The van der Waals surface area contributed by atoms with Gasteiger partial charge in [0.2, 0.25) is 0 Å². The highest BCUT2D eigenvalue weighted by atomic mass is 16.7. The summed E-state index contributed by atoms with van der Waals surface area (Å²) in [7, 11) is 1.18. The van der Waals surface area contributed by atoms with E-state index in [9.17, 15) is 9.59 Å². The number of nitrogens with zero attached hydrogens (tertiary/aromatic N) is 1. The van der Waals surface area contributed by atoms with Gasteiger partial charge in [-0.05, 0) is 39.2 Å². The number of carbonyl (C=O) groups is 2. The molecule has 0 saturated carbocycles. The molecule has 2 atom stereocenters. The Morgan fingerprint density at radius 2 is 1.71 bits per heavy atom. The van der Waals surface area contributed by atoms with E-state index >= 15 is 0 Å². The summed E-state index contributed by atoms with van der Waals surface area (Å²) in [6.45, 7) is 10.5. The Labute approximate surface area is 168 Å². The van der Waals surface area contributed by atoms with Crippen molar-refractivity contribution in [1.29, 1.82) is 0 Å². The summed E-state index contributed by atoms with van der Waals surface area (Å²) < 4.78 is 9.97. The van der Waals surface area contributed by atoms with E-state index in [1.165, 1.54) is 7.11 Å². The second-order valence-electron chi connectivity index (χ2n) is 8.12. The molecule has 0 N–H and O–H groups in total. The van der Waals surface area contributed by atoms with Gasteiger partial charge in [-0.15, -0.1) is 0 Å². The zero-order valence-corrected chi connectivity index (χ0v) is 17.9. The molecule has 0 bridgehead atoms. The lowest BCUT2D eigenvalue weighted by Gasteiger charge is -2.56. The number of esters is 2. The van der Waals surface area contributed by atoms with Gasteiger partial charge in [0.1, 0.15) is 12.2 Å². The fourth-order valence-electron chi connectivity index (χ4n) is 4.25. The van der Waals surface area contributed by atoms with Gasteiger partial charge in [0.25, 0.3) is 0 Å². The zero-order valence-electron chi connectivity index (χ0n) is 17.9. The average Bonchev–Trinajstić information content (AvgIpc) is 2.69. The lowest BCUT2D eigenvalue weighted by molar-refractivity contribution is -0.323. The summed E-state index contributed by atoms with van der Waals surface area (Å²) in [5.41, 5.74) is 0.430. The molecule has 1 aromatic carbocycles. The van der Waals surface area contributed by atoms with Crippen LogP contribution < -0.4 is 0 Å². The van der Waals surface area contributed by atoms with Crippen LogP contribution in [0.1, 0.15) is 72.0 Å². The van der Waals surface area contributed by atoms with Crippen molar-refractivity contribution in [1.82, 2.24) is 5.06 Å². The second-order valence-corrected chi connectivity index (χ2v) is 8.12. The molecule has 0 aliphatic carbocycles. The smallest absolute Gasteiger partial charge is 0.417 e. The van der Waals surface area contributed by atoms with Crippen molar-refractivity contribution in [2.45, 2.75) is 83.6 Å². The highest BCUT2D eigenvalue weighted by molar-refractivity contribution is 6.29. The Morgan fingerprint density at radius 1 is 1.11 bits per heavy atom. The Hall–Kier alpha value is -1.92. The van der Waals surface area contributed by atoms with E-state index in [-0.39, 0.29) is 23.3 Å². The lowest BCUT2D eigenvalue weighted by Crippen LogP contribution is -2.64. The number of piperidine rings is 1. The van der Waals surface area contributed by atoms with Crippen molar-refractivity contribution in [2.75, 3.05) is 7.11 Å². The van der Waals surface area contributed by atoms with Gasteiger partial charge in [-0.2, -0.15) is 5.06 Å². The van der Waals surface area contributed by atoms with Gasteiger partial charge in [0.15, 0.2) is 0 Å². The first-order valence-electron chi connectivity index (χ1n) is 10.00. The van der Waals surface area contributed by atoms with Crippen LogP contribution in [0.3, 0.4) is 0 Å². The number of methoxy groups -OCH3 is 1. The molecule has 1 aromatic rings. The number of rotatable bonds is 6. The first-order valence-corrected chi connectivity index (χ1v) is 10.00. The maximum absolute atomic E-state index is 11.9. The molecule has 0 aromatic heterocycles. The van der Waals surface area contributed by atoms with Crippen molar-refractivity contribution in [3.05, 3.63) is 35.9 Å². The van der Waals surface area contributed by atoms with Crippen LogP contribution in [0.15, 0.2) is 30.3 Å². The van der Waals surface area contributed by atoms with Crippen molar-refractivity contribution in [3.8, 4) is 0 Å². The number of hydroxylamine groups is 2. The summed E-state index contributed by atoms with van der Waals surface area (Å²) in [4.78, 5) is 29.9. The molecule has 1 fully saturated rings. The monoisotopic (exact) mass is 391 g/mol. The minimum atomic E-state index is -0.965. The molecule has 6 nitrogen and oxygen atoms in total. The lowest BCUT2D eigenvalue weighted by atomic mass is 9.75. The van der Waals surface area contributed by atoms with Crippen LogP contribution in [0.4, 0.5) is 0 Å². The first-order chi connectivity index (χ1) is 13.2. The molecule has 2 unspecified atom stereocenters. The molecule has 6 heteroatoms. The number of hydrogen-bond acceptors (Lipinski definition) is 6. The molecule has 0 spiro atoms. The Morgan fingerprint density at radius 3 is 2.25 bits per heavy atom. The minimum Gasteiger partial charge on any atom is -0.461 e. The topological polar surface area (TPSA) is 65.1 Å². The molecular weight excluding hydrogens is 358 g/mol. The van der Waals surface area contributed by atoms with Crippen molar-refractivity contribution in [3.63, 3.8) is 0 Å². The van der Waals surface area contributed by atoms with Gasteiger partial charge >= 0.3 is 11.9 Å². The van der Waals surface area contributed by atoms with Gasteiger partial charge in [-0.1, -0.05) is 44.2 Å². The van der Waals surface area contributed by atoms with E-state index < -0.39 is 11.9 Å². The Kier molecular flexibility index (Phi) is 7.23. The summed E-state index contributed by atoms with van der Waals surface area (Å²) >= 11 is 0. The minimum absolute atomic E-state index is 0.105.